The Morgan fingerprint density at radius 2 is 2.16 bits per heavy atom. The number of aliphatic imine (C=N–C) groups is 1. The van der Waals surface area contributed by atoms with Gasteiger partial charge in [0.25, 0.3) is 0 Å². The van der Waals surface area contributed by atoms with E-state index >= 15 is 0 Å². The van der Waals surface area contributed by atoms with E-state index in [1.807, 2.05) is 30.1 Å². The zero-order valence-corrected chi connectivity index (χ0v) is 15.3. The summed E-state index contributed by atoms with van der Waals surface area (Å²) in [6, 6.07) is 7.52. The van der Waals surface area contributed by atoms with Crippen LogP contribution in [0.2, 0.25) is 5.02 Å². The van der Waals surface area contributed by atoms with Crippen molar-refractivity contribution in [3.05, 3.63) is 50.9 Å². The minimum Gasteiger partial charge on any atom is -0.356 e. The second-order valence-electron chi connectivity index (χ2n) is 5.33. The zero-order chi connectivity index (χ0) is 18.4. The monoisotopic (exact) mass is 390 g/mol. The van der Waals surface area contributed by atoms with Crippen LogP contribution in [0.1, 0.15) is 16.3 Å². The minimum atomic E-state index is -4.39. The first-order valence-electron chi connectivity index (χ1n) is 7.47. The largest absolute Gasteiger partial charge is 0.434 e. The summed E-state index contributed by atoms with van der Waals surface area (Å²) < 4.78 is 37.6. The Morgan fingerprint density at radius 3 is 2.76 bits per heavy atom. The highest BCUT2D eigenvalue weighted by atomic mass is 35.5. The average Bonchev–Trinajstić information content (AvgIpc) is 3.00. The van der Waals surface area contributed by atoms with Crippen LogP contribution in [0.25, 0.3) is 0 Å². The maximum Gasteiger partial charge on any atom is 0.434 e. The Balaban J connectivity index is 1.86. The van der Waals surface area contributed by atoms with E-state index in [9.17, 15) is 13.2 Å². The molecular formula is C16H18ClF3N4S. The molecule has 0 unspecified atom stereocenters. The molecule has 0 bridgehead atoms. The Labute approximate surface area is 153 Å². The van der Waals surface area contributed by atoms with E-state index < -0.39 is 11.9 Å². The van der Waals surface area contributed by atoms with Gasteiger partial charge >= 0.3 is 6.18 Å². The van der Waals surface area contributed by atoms with Crippen molar-refractivity contribution in [3.8, 4) is 0 Å². The third-order valence-electron chi connectivity index (χ3n) is 3.35. The van der Waals surface area contributed by atoms with Gasteiger partial charge in [0, 0.05) is 44.0 Å². The van der Waals surface area contributed by atoms with E-state index in [1.54, 1.807) is 13.1 Å². The fraction of sp³-hybridized carbons (Fsp3) is 0.375. The van der Waals surface area contributed by atoms with Gasteiger partial charge in [0.15, 0.2) is 11.7 Å². The van der Waals surface area contributed by atoms with Gasteiger partial charge in [0.2, 0.25) is 0 Å². The summed E-state index contributed by atoms with van der Waals surface area (Å²) in [5.41, 5.74) is 0.197. The van der Waals surface area contributed by atoms with Gasteiger partial charge in [-0.05, 0) is 17.7 Å². The predicted molar refractivity (Wildman–Crippen MR) is 95.1 cm³/mol. The lowest BCUT2D eigenvalue weighted by molar-refractivity contribution is -0.140. The molecule has 9 heteroatoms. The van der Waals surface area contributed by atoms with Crippen LogP contribution in [0.15, 0.2) is 34.6 Å². The molecular weight excluding hydrogens is 373 g/mol. The lowest BCUT2D eigenvalue weighted by atomic mass is 10.2. The number of nitrogens with zero attached hydrogens (tertiary/aromatic N) is 3. The molecule has 0 saturated carbocycles. The molecule has 0 saturated heterocycles. The first-order chi connectivity index (χ1) is 11.8. The molecule has 0 atom stereocenters. The number of nitrogens with one attached hydrogen (secondary N) is 1. The van der Waals surface area contributed by atoms with Crippen molar-refractivity contribution in [3.63, 3.8) is 0 Å². The highest BCUT2D eigenvalue weighted by molar-refractivity contribution is 7.09. The second kappa shape index (κ2) is 8.53. The lowest BCUT2D eigenvalue weighted by Crippen LogP contribution is -2.39. The molecule has 0 aliphatic rings. The molecule has 0 fully saturated rings. The van der Waals surface area contributed by atoms with Gasteiger partial charge in [-0.2, -0.15) is 13.2 Å². The van der Waals surface area contributed by atoms with Gasteiger partial charge < -0.3 is 10.2 Å². The summed E-state index contributed by atoms with van der Waals surface area (Å²) in [5.74, 6) is 0.646. The summed E-state index contributed by atoms with van der Waals surface area (Å²) >= 11 is 6.99. The highest BCUT2D eigenvalue weighted by Crippen LogP contribution is 2.30. The van der Waals surface area contributed by atoms with Crippen molar-refractivity contribution in [1.29, 1.82) is 0 Å². The normalized spacial score (nSPS) is 12.3. The standard InChI is InChI=1S/C16H18ClF3N4S/c1-21-15(24(2)9-11-4-3-5-12(17)8-11)22-7-6-14-23-13(10-25-14)16(18,19)20/h3-5,8,10H,6-7,9H2,1-2H3,(H,21,22). The summed E-state index contributed by atoms with van der Waals surface area (Å²) in [5, 5.41) is 5.27. The summed E-state index contributed by atoms with van der Waals surface area (Å²) in [4.78, 5) is 9.71. The van der Waals surface area contributed by atoms with Gasteiger partial charge in [0.05, 0.1) is 5.01 Å². The SMILES string of the molecule is CN=C(NCCc1nc(C(F)(F)F)cs1)N(C)Cc1cccc(Cl)c1. The van der Waals surface area contributed by atoms with Crippen LogP contribution >= 0.6 is 22.9 Å². The van der Waals surface area contributed by atoms with Crippen LogP contribution in [0.3, 0.4) is 0 Å². The average molecular weight is 391 g/mol. The maximum atomic E-state index is 12.5. The summed E-state index contributed by atoms with van der Waals surface area (Å²) in [7, 11) is 3.53. The Morgan fingerprint density at radius 1 is 1.40 bits per heavy atom. The van der Waals surface area contributed by atoms with Crippen molar-refractivity contribution in [2.45, 2.75) is 19.1 Å². The quantitative estimate of drug-likeness (QED) is 0.618. The van der Waals surface area contributed by atoms with E-state index in [1.165, 1.54) is 0 Å². The number of halogens is 4. The number of guanidine groups is 1. The number of thiazole rings is 1. The molecule has 1 heterocycles. The number of aromatic nitrogens is 1. The molecule has 1 N–H and O–H groups in total. The smallest absolute Gasteiger partial charge is 0.356 e. The highest BCUT2D eigenvalue weighted by Gasteiger charge is 2.33. The molecule has 0 aliphatic carbocycles. The van der Waals surface area contributed by atoms with Crippen LogP contribution in [0.4, 0.5) is 13.2 Å². The van der Waals surface area contributed by atoms with Crippen molar-refractivity contribution >= 4 is 28.9 Å². The molecule has 0 aliphatic heterocycles. The lowest BCUT2D eigenvalue weighted by Gasteiger charge is -2.22. The minimum absolute atomic E-state index is 0.394. The maximum absolute atomic E-state index is 12.5. The fourth-order valence-electron chi connectivity index (χ4n) is 2.21. The van der Waals surface area contributed by atoms with Gasteiger partial charge in [0.1, 0.15) is 0 Å². The Bertz CT molecular complexity index is 730. The first kappa shape index (κ1) is 19.5. The van der Waals surface area contributed by atoms with E-state index in [2.05, 4.69) is 15.3 Å². The fourth-order valence-corrected chi connectivity index (χ4v) is 3.22. The number of hydrogen-bond acceptors (Lipinski definition) is 3. The zero-order valence-electron chi connectivity index (χ0n) is 13.8. The van der Waals surface area contributed by atoms with Crippen LogP contribution < -0.4 is 5.32 Å². The van der Waals surface area contributed by atoms with Crippen molar-refractivity contribution in [2.75, 3.05) is 20.6 Å². The molecule has 4 nitrogen and oxygen atoms in total. The van der Waals surface area contributed by atoms with Crippen LogP contribution in [0.5, 0.6) is 0 Å². The predicted octanol–water partition coefficient (Wildman–Crippen LogP) is 4.07. The molecule has 0 radical (unpaired) electrons. The number of benzene rings is 1. The second-order valence-corrected chi connectivity index (χ2v) is 6.71. The molecule has 0 spiro atoms. The molecule has 2 rings (SSSR count). The van der Waals surface area contributed by atoms with E-state index in [0.717, 1.165) is 22.3 Å². The Kier molecular flexibility index (Phi) is 6.66. The number of alkyl halides is 3. The molecule has 0 amide bonds. The van der Waals surface area contributed by atoms with Crippen LogP contribution in [0, 0.1) is 0 Å². The molecule has 136 valence electrons. The molecule has 2 aromatic rings. The van der Waals surface area contributed by atoms with E-state index in [4.69, 9.17) is 11.6 Å². The summed E-state index contributed by atoms with van der Waals surface area (Å²) in [6.07, 6.45) is -4.00. The van der Waals surface area contributed by atoms with Crippen molar-refractivity contribution in [1.82, 2.24) is 15.2 Å². The van der Waals surface area contributed by atoms with Crippen LogP contribution in [-0.4, -0.2) is 36.5 Å². The van der Waals surface area contributed by atoms with Gasteiger partial charge in [-0.15, -0.1) is 11.3 Å². The van der Waals surface area contributed by atoms with Gasteiger partial charge in [-0.25, -0.2) is 4.98 Å². The van der Waals surface area contributed by atoms with E-state index in [-0.39, 0.29) is 0 Å². The number of hydrogen-bond donors (Lipinski definition) is 1. The molecule has 25 heavy (non-hydrogen) atoms. The molecule has 1 aromatic carbocycles. The van der Waals surface area contributed by atoms with Gasteiger partial charge in [-0.3, -0.25) is 4.99 Å². The third-order valence-corrected chi connectivity index (χ3v) is 4.49. The Hall–Kier alpha value is -1.80. The van der Waals surface area contributed by atoms with Crippen LogP contribution in [-0.2, 0) is 19.1 Å². The van der Waals surface area contributed by atoms with Crippen molar-refractivity contribution in [2.24, 2.45) is 4.99 Å². The first-order valence-corrected chi connectivity index (χ1v) is 8.73. The summed E-state index contributed by atoms with van der Waals surface area (Å²) in [6.45, 7) is 1.05. The van der Waals surface area contributed by atoms with Crippen molar-refractivity contribution < 1.29 is 13.2 Å². The number of rotatable bonds is 5. The third kappa shape index (κ3) is 5.89. The van der Waals surface area contributed by atoms with E-state index in [0.29, 0.717) is 35.5 Å². The van der Waals surface area contributed by atoms with Gasteiger partial charge in [-0.1, -0.05) is 23.7 Å². The topological polar surface area (TPSA) is 40.5 Å². The molecule has 1 aromatic heterocycles.